The highest BCUT2D eigenvalue weighted by molar-refractivity contribution is 6.27. The van der Waals surface area contributed by atoms with Crippen LogP contribution in [0.4, 0.5) is 0 Å². The molecular formula is C37H24N4. The van der Waals surface area contributed by atoms with Gasteiger partial charge in [-0.2, -0.15) is 0 Å². The molecule has 41 heavy (non-hydrogen) atoms. The van der Waals surface area contributed by atoms with Crippen molar-refractivity contribution in [2.75, 3.05) is 0 Å². The number of fused-ring (bicyclic) bond motifs is 7. The van der Waals surface area contributed by atoms with Gasteiger partial charge in [0.25, 0.3) is 0 Å². The summed E-state index contributed by atoms with van der Waals surface area (Å²) >= 11 is 0. The van der Waals surface area contributed by atoms with Crippen molar-refractivity contribution >= 4 is 43.4 Å². The van der Waals surface area contributed by atoms with E-state index in [1.165, 1.54) is 38.0 Å². The molecule has 0 saturated heterocycles. The average molecular weight is 525 g/mol. The maximum Gasteiger partial charge on any atom is 0.163 e. The number of hydrogen-bond acceptors (Lipinski definition) is 3. The number of rotatable bonds is 5. The van der Waals surface area contributed by atoms with E-state index in [1.807, 2.05) is 66.7 Å². The lowest BCUT2D eigenvalue weighted by molar-refractivity contribution is 0.708. The first-order chi connectivity index (χ1) is 20.3. The molecule has 0 radical (unpaired) electrons. The largest absolute Gasteiger partial charge is 0.340 e. The number of aromatic nitrogens is 4. The fraction of sp³-hybridized carbons (Fsp3) is 0.0541. The van der Waals surface area contributed by atoms with Crippen molar-refractivity contribution in [2.24, 2.45) is 0 Å². The van der Waals surface area contributed by atoms with Gasteiger partial charge in [0.05, 0.1) is 5.52 Å². The summed E-state index contributed by atoms with van der Waals surface area (Å²) in [5.74, 6) is 2.16. The molecule has 0 amide bonds. The molecule has 2 aromatic heterocycles. The monoisotopic (exact) mass is 524 g/mol. The van der Waals surface area contributed by atoms with E-state index in [9.17, 15) is 0 Å². The van der Waals surface area contributed by atoms with Crippen LogP contribution in [-0.2, 0) is 13.0 Å². The molecule has 0 aliphatic heterocycles. The second-order valence-corrected chi connectivity index (χ2v) is 10.2. The molecule has 0 aliphatic rings. The smallest absolute Gasteiger partial charge is 0.163 e. The van der Waals surface area contributed by atoms with Crippen LogP contribution < -0.4 is 0 Å². The number of benzene rings is 5. The molecule has 8 aromatic rings. The second kappa shape index (κ2) is 9.59. The summed E-state index contributed by atoms with van der Waals surface area (Å²) in [7, 11) is 0. The fourth-order valence-electron chi connectivity index (χ4n) is 5.90. The topological polar surface area (TPSA) is 43.6 Å². The molecule has 2 heterocycles. The Morgan fingerprint density at radius 3 is 1.93 bits per heavy atom. The Morgan fingerprint density at radius 2 is 1.20 bits per heavy atom. The van der Waals surface area contributed by atoms with Crippen molar-refractivity contribution in [3.63, 3.8) is 0 Å². The van der Waals surface area contributed by atoms with Gasteiger partial charge in [-0.05, 0) is 40.4 Å². The minimum absolute atomic E-state index is 0.663. The van der Waals surface area contributed by atoms with Crippen LogP contribution in [0.3, 0.4) is 0 Å². The van der Waals surface area contributed by atoms with Crippen molar-refractivity contribution < 1.29 is 0 Å². The van der Waals surface area contributed by atoms with Gasteiger partial charge in [0.15, 0.2) is 11.6 Å². The molecule has 192 valence electrons. The molecule has 0 N–H and O–H groups in total. The lowest BCUT2D eigenvalue weighted by Gasteiger charge is -2.10. The predicted molar refractivity (Wildman–Crippen MR) is 167 cm³/mol. The van der Waals surface area contributed by atoms with Gasteiger partial charge in [0.1, 0.15) is 5.82 Å². The first-order valence-electron chi connectivity index (χ1n) is 13.8. The predicted octanol–water partition coefficient (Wildman–Crippen LogP) is 8.46. The molecule has 0 atom stereocenters. The van der Waals surface area contributed by atoms with Gasteiger partial charge in [-0.15, -0.1) is 0 Å². The Labute approximate surface area is 237 Å². The Kier molecular flexibility index (Phi) is 5.46. The highest BCUT2D eigenvalue weighted by atomic mass is 15.0. The summed E-state index contributed by atoms with van der Waals surface area (Å²) < 4.78 is 2.41. The summed E-state index contributed by atoms with van der Waals surface area (Å²) in [6.45, 7) is 0.729. The molecule has 4 nitrogen and oxygen atoms in total. The Bertz CT molecular complexity index is 2050. The van der Waals surface area contributed by atoms with Crippen LogP contribution in [0.15, 0.2) is 121 Å². The van der Waals surface area contributed by atoms with Crippen molar-refractivity contribution in [3.05, 3.63) is 139 Å². The standard InChI is InChI=1S/C37H24N4/c1-3-13-27(14-4-1)36-38-33(39-37(40-36)28-15-5-2-6-16-28)23-24-41-31-21-19-25-11-7-9-17-29(25)34(31)35-30-18-10-8-12-26(30)20-22-32(35)41/h1-9,11-17,19-22H,23-24H2. The normalized spacial score (nSPS) is 11.4. The Hall–Kier alpha value is -5.53. The van der Waals surface area contributed by atoms with Crippen LogP contribution in [-0.4, -0.2) is 19.5 Å². The molecule has 0 fully saturated rings. The van der Waals surface area contributed by atoms with Gasteiger partial charge in [0, 0.05) is 45.8 Å². The van der Waals surface area contributed by atoms with E-state index in [-0.39, 0.29) is 0 Å². The van der Waals surface area contributed by atoms with Crippen molar-refractivity contribution in [1.29, 1.82) is 0 Å². The molecule has 4 heteroatoms. The van der Waals surface area contributed by atoms with Crippen LogP contribution in [0.1, 0.15) is 5.82 Å². The lowest BCUT2D eigenvalue weighted by Crippen LogP contribution is -2.07. The van der Waals surface area contributed by atoms with Crippen molar-refractivity contribution in [1.82, 2.24) is 19.5 Å². The van der Waals surface area contributed by atoms with E-state index in [2.05, 4.69) is 71.3 Å². The first kappa shape index (κ1) is 23.4. The van der Waals surface area contributed by atoms with E-state index in [0.717, 1.165) is 28.9 Å². The number of nitrogens with zero attached hydrogens (tertiary/aromatic N) is 4. The van der Waals surface area contributed by atoms with Gasteiger partial charge in [0.2, 0.25) is 0 Å². The van der Waals surface area contributed by atoms with Gasteiger partial charge in [-0.3, -0.25) is 0 Å². The molecule has 0 saturated carbocycles. The zero-order valence-electron chi connectivity index (χ0n) is 22.3. The van der Waals surface area contributed by atoms with Crippen molar-refractivity contribution in [3.8, 4) is 22.8 Å². The Balaban J connectivity index is 1.30. The fourth-order valence-corrected chi connectivity index (χ4v) is 5.90. The molecule has 0 aliphatic carbocycles. The van der Waals surface area contributed by atoms with Gasteiger partial charge < -0.3 is 4.57 Å². The molecular weight excluding hydrogens is 500 g/mol. The third-order valence-corrected chi connectivity index (χ3v) is 7.80. The van der Waals surface area contributed by atoms with Crippen LogP contribution in [0.25, 0.3) is 66.1 Å². The van der Waals surface area contributed by atoms with E-state index in [4.69, 9.17) is 15.0 Å². The molecule has 0 bridgehead atoms. The maximum atomic E-state index is 4.94. The van der Waals surface area contributed by atoms with Gasteiger partial charge in [-0.1, -0.05) is 109 Å². The van der Waals surface area contributed by atoms with E-state index in [0.29, 0.717) is 18.1 Å². The van der Waals surface area contributed by atoms with Crippen LogP contribution in [0.5, 0.6) is 0 Å². The number of aryl methyl sites for hydroxylation is 2. The third kappa shape index (κ3) is 3.99. The minimum atomic E-state index is 0.663. The van der Waals surface area contributed by atoms with E-state index < -0.39 is 0 Å². The summed E-state index contributed by atoms with van der Waals surface area (Å²) in [6.07, 6.45) is 0.663. The van der Waals surface area contributed by atoms with Crippen LogP contribution >= 0.6 is 0 Å². The van der Waals surface area contributed by atoms with Crippen LogP contribution in [0, 0.1) is 12.1 Å². The van der Waals surface area contributed by atoms with Crippen molar-refractivity contribution in [2.45, 2.75) is 13.0 Å². The minimum Gasteiger partial charge on any atom is -0.340 e. The highest BCUT2D eigenvalue weighted by Crippen LogP contribution is 2.38. The van der Waals surface area contributed by atoms with Gasteiger partial charge in [-0.25, -0.2) is 15.0 Å². The molecule has 8 rings (SSSR count). The Morgan fingerprint density at radius 1 is 0.561 bits per heavy atom. The third-order valence-electron chi connectivity index (χ3n) is 7.80. The summed E-state index contributed by atoms with van der Waals surface area (Å²) in [5.41, 5.74) is 4.34. The summed E-state index contributed by atoms with van der Waals surface area (Å²) in [5, 5.41) is 7.22. The lowest BCUT2D eigenvalue weighted by atomic mass is 10.0. The molecule has 0 spiro atoms. The first-order valence-corrected chi connectivity index (χ1v) is 13.8. The second-order valence-electron chi connectivity index (χ2n) is 10.2. The zero-order valence-corrected chi connectivity index (χ0v) is 22.3. The zero-order chi connectivity index (χ0) is 27.2. The van der Waals surface area contributed by atoms with Gasteiger partial charge >= 0.3 is 0 Å². The maximum absolute atomic E-state index is 4.94. The number of hydrogen-bond donors (Lipinski definition) is 0. The SMILES string of the molecule is c1ccc2ccc3c(c2c#1)c1c2ccccc2ccc1n3CCc1nc(-c2ccccc2)nc(-c2ccccc2)n1. The van der Waals surface area contributed by atoms with E-state index >= 15 is 0 Å². The quantitative estimate of drug-likeness (QED) is 0.227. The summed E-state index contributed by atoms with van der Waals surface area (Å²) in [6, 6.07) is 48.4. The van der Waals surface area contributed by atoms with Crippen LogP contribution in [0.2, 0.25) is 0 Å². The van der Waals surface area contributed by atoms with E-state index in [1.54, 1.807) is 0 Å². The molecule has 0 unspecified atom stereocenters. The molecule has 6 aromatic carbocycles. The average Bonchev–Trinajstić information content (AvgIpc) is 3.39. The summed E-state index contributed by atoms with van der Waals surface area (Å²) in [4.78, 5) is 14.7. The highest BCUT2D eigenvalue weighted by Gasteiger charge is 2.17.